The SMILES string of the molecule is Cc1ccc(CC(NC(=O)OCc2ccccc2)C(=O)O)cn1. The largest absolute Gasteiger partial charge is 0.480 e. The predicted molar refractivity (Wildman–Crippen MR) is 83.9 cm³/mol. The molecular weight excluding hydrogens is 296 g/mol. The topological polar surface area (TPSA) is 88.5 Å². The average Bonchev–Trinajstić information content (AvgIpc) is 2.55. The van der Waals surface area contributed by atoms with E-state index in [-0.39, 0.29) is 13.0 Å². The minimum absolute atomic E-state index is 0.0884. The summed E-state index contributed by atoms with van der Waals surface area (Å²) in [5, 5.41) is 11.6. The lowest BCUT2D eigenvalue weighted by atomic mass is 10.1. The van der Waals surface area contributed by atoms with Crippen LogP contribution in [0.3, 0.4) is 0 Å². The first-order chi connectivity index (χ1) is 11.0. The van der Waals surface area contributed by atoms with Crippen molar-refractivity contribution in [3.05, 3.63) is 65.5 Å². The van der Waals surface area contributed by atoms with Gasteiger partial charge in [0.25, 0.3) is 0 Å². The number of aromatic nitrogens is 1. The molecule has 0 aliphatic rings. The van der Waals surface area contributed by atoms with Crippen LogP contribution in [0.15, 0.2) is 48.7 Å². The zero-order chi connectivity index (χ0) is 16.7. The maximum absolute atomic E-state index is 11.8. The van der Waals surface area contributed by atoms with E-state index in [2.05, 4.69) is 10.3 Å². The highest BCUT2D eigenvalue weighted by atomic mass is 16.5. The molecular formula is C17H18N2O4. The van der Waals surface area contributed by atoms with Crippen molar-refractivity contribution in [1.82, 2.24) is 10.3 Å². The van der Waals surface area contributed by atoms with Crippen molar-refractivity contribution in [1.29, 1.82) is 0 Å². The van der Waals surface area contributed by atoms with Crippen molar-refractivity contribution in [2.45, 2.75) is 26.0 Å². The molecule has 1 atom stereocenters. The molecule has 1 aromatic carbocycles. The van der Waals surface area contributed by atoms with E-state index in [4.69, 9.17) is 4.74 Å². The summed E-state index contributed by atoms with van der Waals surface area (Å²) >= 11 is 0. The van der Waals surface area contributed by atoms with Gasteiger partial charge in [-0.05, 0) is 24.1 Å². The van der Waals surface area contributed by atoms with Crippen LogP contribution in [-0.2, 0) is 22.6 Å². The van der Waals surface area contributed by atoms with Gasteiger partial charge in [-0.15, -0.1) is 0 Å². The number of amides is 1. The Labute approximate surface area is 134 Å². The maximum Gasteiger partial charge on any atom is 0.408 e. The minimum atomic E-state index is -1.12. The molecule has 1 heterocycles. The molecule has 2 rings (SSSR count). The second kappa shape index (κ2) is 7.93. The van der Waals surface area contributed by atoms with Crippen molar-refractivity contribution in [2.75, 3.05) is 0 Å². The third-order valence-electron chi connectivity index (χ3n) is 3.22. The zero-order valence-corrected chi connectivity index (χ0v) is 12.7. The second-order valence-corrected chi connectivity index (χ2v) is 5.11. The maximum atomic E-state index is 11.8. The Kier molecular flexibility index (Phi) is 5.68. The predicted octanol–water partition coefficient (Wildman–Crippen LogP) is 2.31. The van der Waals surface area contributed by atoms with Crippen LogP contribution in [0.4, 0.5) is 4.79 Å². The fourth-order valence-corrected chi connectivity index (χ4v) is 1.96. The summed E-state index contributed by atoms with van der Waals surface area (Å²) in [6, 6.07) is 11.7. The number of alkyl carbamates (subject to hydrolysis) is 1. The molecule has 0 aliphatic carbocycles. The molecule has 0 spiro atoms. The highest BCUT2D eigenvalue weighted by Crippen LogP contribution is 2.05. The number of hydrogen-bond donors (Lipinski definition) is 2. The molecule has 1 unspecified atom stereocenters. The van der Waals surface area contributed by atoms with Gasteiger partial charge in [0.05, 0.1) is 0 Å². The first-order valence-corrected chi connectivity index (χ1v) is 7.16. The highest BCUT2D eigenvalue weighted by Gasteiger charge is 2.21. The van der Waals surface area contributed by atoms with Crippen LogP contribution in [0.1, 0.15) is 16.8 Å². The molecule has 0 saturated carbocycles. The van der Waals surface area contributed by atoms with Crippen LogP contribution >= 0.6 is 0 Å². The van der Waals surface area contributed by atoms with E-state index >= 15 is 0 Å². The Bertz CT molecular complexity index is 656. The van der Waals surface area contributed by atoms with E-state index in [0.717, 1.165) is 16.8 Å². The number of carbonyl (C=O) groups excluding carboxylic acids is 1. The fourth-order valence-electron chi connectivity index (χ4n) is 1.96. The third kappa shape index (κ3) is 5.43. The van der Waals surface area contributed by atoms with Gasteiger partial charge in [0.2, 0.25) is 0 Å². The van der Waals surface area contributed by atoms with Gasteiger partial charge in [0.1, 0.15) is 12.6 Å². The summed E-state index contributed by atoms with van der Waals surface area (Å²) in [4.78, 5) is 27.2. The van der Waals surface area contributed by atoms with Gasteiger partial charge in [0.15, 0.2) is 0 Å². The number of rotatable bonds is 6. The molecule has 23 heavy (non-hydrogen) atoms. The van der Waals surface area contributed by atoms with Gasteiger partial charge in [-0.25, -0.2) is 9.59 Å². The summed E-state index contributed by atoms with van der Waals surface area (Å²) in [7, 11) is 0. The van der Waals surface area contributed by atoms with E-state index in [0.29, 0.717) is 0 Å². The van der Waals surface area contributed by atoms with Crippen molar-refractivity contribution in [2.24, 2.45) is 0 Å². The summed E-state index contributed by atoms with van der Waals surface area (Å²) in [6.45, 7) is 1.93. The highest BCUT2D eigenvalue weighted by molar-refractivity contribution is 5.80. The molecule has 0 bridgehead atoms. The first-order valence-electron chi connectivity index (χ1n) is 7.16. The quantitative estimate of drug-likeness (QED) is 0.854. The second-order valence-electron chi connectivity index (χ2n) is 5.11. The Balaban J connectivity index is 1.89. The van der Waals surface area contributed by atoms with Gasteiger partial charge >= 0.3 is 12.1 Å². The van der Waals surface area contributed by atoms with Crippen LogP contribution in [0.5, 0.6) is 0 Å². The molecule has 6 nitrogen and oxygen atoms in total. The van der Waals surface area contributed by atoms with Crippen molar-refractivity contribution in [3.63, 3.8) is 0 Å². The summed E-state index contributed by atoms with van der Waals surface area (Å²) in [5.41, 5.74) is 2.40. The number of carboxylic acids is 1. The lowest BCUT2D eigenvalue weighted by Crippen LogP contribution is -2.42. The van der Waals surface area contributed by atoms with Crippen molar-refractivity contribution >= 4 is 12.1 Å². The Morgan fingerprint density at radius 3 is 2.52 bits per heavy atom. The molecule has 0 saturated heterocycles. The van der Waals surface area contributed by atoms with Gasteiger partial charge in [0, 0.05) is 18.3 Å². The standard InChI is InChI=1S/C17H18N2O4/c1-12-7-8-14(10-18-12)9-15(16(20)21)19-17(22)23-11-13-5-3-2-4-6-13/h2-8,10,15H,9,11H2,1H3,(H,19,22)(H,20,21). The van der Waals surface area contributed by atoms with E-state index < -0.39 is 18.1 Å². The molecule has 2 N–H and O–H groups in total. The number of pyridine rings is 1. The molecule has 6 heteroatoms. The van der Waals surface area contributed by atoms with Crippen LogP contribution in [0.2, 0.25) is 0 Å². The Morgan fingerprint density at radius 1 is 1.17 bits per heavy atom. The van der Waals surface area contributed by atoms with Gasteiger partial charge in [-0.1, -0.05) is 36.4 Å². The van der Waals surface area contributed by atoms with Gasteiger partial charge < -0.3 is 15.2 Å². The number of nitrogens with one attached hydrogen (secondary N) is 1. The Morgan fingerprint density at radius 2 is 1.91 bits per heavy atom. The lowest BCUT2D eigenvalue weighted by molar-refractivity contribution is -0.139. The minimum Gasteiger partial charge on any atom is -0.480 e. The van der Waals surface area contributed by atoms with E-state index in [9.17, 15) is 14.7 Å². The number of hydrogen-bond acceptors (Lipinski definition) is 4. The van der Waals surface area contributed by atoms with Crippen molar-refractivity contribution in [3.8, 4) is 0 Å². The van der Waals surface area contributed by atoms with E-state index in [1.165, 1.54) is 0 Å². The van der Waals surface area contributed by atoms with Crippen LogP contribution in [0.25, 0.3) is 0 Å². The smallest absolute Gasteiger partial charge is 0.408 e. The molecule has 0 radical (unpaired) electrons. The number of nitrogens with zero attached hydrogens (tertiary/aromatic N) is 1. The number of ether oxygens (including phenoxy) is 1. The molecule has 2 aromatic rings. The van der Waals surface area contributed by atoms with E-state index in [1.807, 2.05) is 37.3 Å². The molecule has 1 aromatic heterocycles. The van der Waals surface area contributed by atoms with Crippen LogP contribution in [0, 0.1) is 6.92 Å². The monoisotopic (exact) mass is 314 g/mol. The van der Waals surface area contributed by atoms with Crippen LogP contribution in [-0.4, -0.2) is 28.2 Å². The molecule has 1 amide bonds. The van der Waals surface area contributed by atoms with Crippen molar-refractivity contribution < 1.29 is 19.4 Å². The van der Waals surface area contributed by atoms with Gasteiger partial charge in [-0.3, -0.25) is 4.98 Å². The molecule has 120 valence electrons. The first kappa shape index (κ1) is 16.5. The fraction of sp³-hybridized carbons (Fsp3) is 0.235. The number of carboxylic acid groups (broad SMARTS) is 1. The Hall–Kier alpha value is -2.89. The zero-order valence-electron chi connectivity index (χ0n) is 12.7. The summed E-state index contributed by atoms with van der Waals surface area (Å²) in [5.74, 6) is -1.12. The summed E-state index contributed by atoms with van der Waals surface area (Å²) < 4.78 is 5.04. The lowest BCUT2D eigenvalue weighted by Gasteiger charge is -2.14. The number of aryl methyl sites for hydroxylation is 1. The molecule has 0 aliphatic heterocycles. The number of aliphatic carboxylic acids is 1. The normalized spacial score (nSPS) is 11.5. The number of benzene rings is 1. The average molecular weight is 314 g/mol. The van der Waals surface area contributed by atoms with Crippen LogP contribution < -0.4 is 5.32 Å². The number of carbonyl (C=O) groups is 2. The molecule has 0 fully saturated rings. The van der Waals surface area contributed by atoms with E-state index in [1.54, 1.807) is 18.3 Å². The third-order valence-corrected chi connectivity index (χ3v) is 3.22. The summed E-state index contributed by atoms with van der Waals surface area (Å²) in [6.07, 6.45) is 0.979. The van der Waals surface area contributed by atoms with Gasteiger partial charge in [-0.2, -0.15) is 0 Å².